The van der Waals surface area contributed by atoms with E-state index >= 15 is 0 Å². The Kier molecular flexibility index (Phi) is 6.10. The van der Waals surface area contributed by atoms with Gasteiger partial charge in [0.1, 0.15) is 0 Å². The molecule has 21 heavy (non-hydrogen) atoms. The first kappa shape index (κ1) is 16.4. The second-order valence-electron chi connectivity index (χ2n) is 5.10. The maximum absolute atomic E-state index is 6.32. The smallest absolute Gasteiger partial charge is 0.0453 e. The summed E-state index contributed by atoms with van der Waals surface area (Å²) in [6.07, 6.45) is 1.90. The van der Waals surface area contributed by atoms with E-state index in [1.165, 1.54) is 11.1 Å². The third-order valence-corrected chi connectivity index (χ3v) is 4.29. The fourth-order valence-corrected chi connectivity index (χ4v) is 3.13. The average molecular weight is 322 g/mol. The van der Waals surface area contributed by atoms with Crippen LogP contribution in [-0.4, -0.2) is 6.54 Å². The van der Waals surface area contributed by atoms with Gasteiger partial charge in [-0.25, -0.2) is 0 Å². The van der Waals surface area contributed by atoms with Crippen LogP contribution in [0.3, 0.4) is 0 Å². The van der Waals surface area contributed by atoms with Crippen molar-refractivity contribution >= 4 is 23.2 Å². The second-order valence-corrected chi connectivity index (χ2v) is 5.95. The quantitative estimate of drug-likeness (QED) is 0.746. The lowest BCUT2D eigenvalue weighted by Crippen LogP contribution is -2.24. The zero-order chi connectivity index (χ0) is 15.2. The highest BCUT2D eigenvalue weighted by molar-refractivity contribution is 6.35. The summed E-state index contributed by atoms with van der Waals surface area (Å²) in [6, 6.07) is 14.6. The van der Waals surface area contributed by atoms with Crippen LogP contribution < -0.4 is 5.32 Å². The largest absolute Gasteiger partial charge is 0.310 e. The summed E-state index contributed by atoms with van der Waals surface area (Å²) in [5, 5.41) is 4.99. The summed E-state index contributed by atoms with van der Waals surface area (Å²) in [4.78, 5) is 0. The van der Waals surface area contributed by atoms with Gasteiger partial charge in [0.15, 0.2) is 0 Å². The number of halogens is 2. The highest BCUT2D eigenvalue weighted by atomic mass is 35.5. The van der Waals surface area contributed by atoms with Gasteiger partial charge in [0, 0.05) is 16.1 Å². The van der Waals surface area contributed by atoms with Crippen molar-refractivity contribution < 1.29 is 0 Å². The van der Waals surface area contributed by atoms with Gasteiger partial charge in [0.05, 0.1) is 0 Å². The van der Waals surface area contributed by atoms with Gasteiger partial charge in [-0.3, -0.25) is 0 Å². The summed E-state index contributed by atoms with van der Waals surface area (Å²) >= 11 is 12.3. The van der Waals surface area contributed by atoms with Crippen LogP contribution in [0, 0.1) is 0 Å². The molecule has 2 aromatic carbocycles. The number of rotatable bonds is 6. The van der Waals surface area contributed by atoms with Gasteiger partial charge in [0.25, 0.3) is 0 Å². The van der Waals surface area contributed by atoms with Crippen LogP contribution in [0.15, 0.2) is 42.5 Å². The van der Waals surface area contributed by atoms with E-state index in [2.05, 4.69) is 43.4 Å². The zero-order valence-corrected chi connectivity index (χ0v) is 14.0. The van der Waals surface area contributed by atoms with Gasteiger partial charge in [-0.15, -0.1) is 0 Å². The highest BCUT2D eigenvalue weighted by Crippen LogP contribution is 2.28. The first-order chi connectivity index (χ1) is 10.2. The van der Waals surface area contributed by atoms with Gasteiger partial charge < -0.3 is 5.32 Å². The Balaban J connectivity index is 2.30. The van der Waals surface area contributed by atoms with E-state index in [0.717, 1.165) is 30.0 Å². The SMILES string of the molecule is CCNC(Cc1ccc(Cl)cc1Cl)c1ccccc1CC. The van der Waals surface area contributed by atoms with Crippen molar-refractivity contribution in [1.82, 2.24) is 5.32 Å². The minimum atomic E-state index is 0.268. The summed E-state index contributed by atoms with van der Waals surface area (Å²) in [7, 11) is 0. The lowest BCUT2D eigenvalue weighted by molar-refractivity contribution is 0.546. The standard InChI is InChI=1S/C18H21Cl2N/c1-3-13-7-5-6-8-16(13)18(21-4-2)11-14-9-10-15(19)12-17(14)20/h5-10,12,18,21H,3-4,11H2,1-2H3. The Bertz CT molecular complexity index is 596. The molecular formula is C18H21Cl2N. The predicted octanol–water partition coefficient (Wildman–Crippen LogP) is 5.45. The van der Waals surface area contributed by atoms with Crippen LogP contribution in [0.25, 0.3) is 0 Å². The molecule has 0 aliphatic rings. The monoisotopic (exact) mass is 321 g/mol. The molecule has 3 heteroatoms. The average Bonchev–Trinajstić information content (AvgIpc) is 2.49. The Morgan fingerprint density at radius 1 is 1.00 bits per heavy atom. The number of benzene rings is 2. The second kappa shape index (κ2) is 7.84. The summed E-state index contributed by atoms with van der Waals surface area (Å²) < 4.78 is 0. The van der Waals surface area contributed by atoms with Crippen molar-refractivity contribution in [1.29, 1.82) is 0 Å². The number of likely N-dealkylation sites (N-methyl/N-ethyl adjacent to an activating group) is 1. The van der Waals surface area contributed by atoms with Gasteiger partial charge in [-0.2, -0.15) is 0 Å². The maximum atomic E-state index is 6.32. The van der Waals surface area contributed by atoms with Crippen LogP contribution in [0.2, 0.25) is 10.0 Å². The summed E-state index contributed by atoms with van der Waals surface area (Å²) in [5.41, 5.74) is 3.86. The van der Waals surface area contributed by atoms with E-state index in [0.29, 0.717) is 5.02 Å². The molecule has 1 N–H and O–H groups in total. The van der Waals surface area contributed by atoms with E-state index in [-0.39, 0.29) is 6.04 Å². The zero-order valence-electron chi connectivity index (χ0n) is 12.5. The van der Waals surface area contributed by atoms with Gasteiger partial charge in [-0.05, 0) is 48.2 Å². The Hall–Kier alpha value is -1.02. The molecule has 0 fully saturated rings. The number of nitrogens with one attached hydrogen (secondary N) is 1. The molecule has 0 radical (unpaired) electrons. The molecule has 0 aliphatic carbocycles. The van der Waals surface area contributed by atoms with Crippen LogP contribution in [0.5, 0.6) is 0 Å². The van der Waals surface area contributed by atoms with Crippen molar-refractivity contribution in [2.45, 2.75) is 32.7 Å². The van der Waals surface area contributed by atoms with E-state index < -0.39 is 0 Å². The topological polar surface area (TPSA) is 12.0 Å². The van der Waals surface area contributed by atoms with E-state index in [9.17, 15) is 0 Å². The maximum Gasteiger partial charge on any atom is 0.0453 e. The van der Waals surface area contributed by atoms with Crippen molar-refractivity contribution in [3.05, 3.63) is 69.2 Å². The number of aryl methyl sites for hydroxylation is 1. The molecule has 0 saturated carbocycles. The Morgan fingerprint density at radius 2 is 1.76 bits per heavy atom. The summed E-state index contributed by atoms with van der Waals surface area (Å²) in [5.74, 6) is 0. The first-order valence-corrected chi connectivity index (χ1v) is 8.16. The van der Waals surface area contributed by atoms with Crippen LogP contribution in [0.4, 0.5) is 0 Å². The van der Waals surface area contributed by atoms with Crippen LogP contribution in [-0.2, 0) is 12.8 Å². The molecule has 0 bridgehead atoms. The third-order valence-electron chi connectivity index (χ3n) is 3.70. The fourth-order valence-electron chi connectivity index (χ4n) is 2.64. The molecule has 0 amide bonds. The van der Waals surface area contributed by atoms with Gasteiger partial charge in [-0.1, -0.05) is 67.4 Å². The molecule has 1 nitrogen and oxygen atoms in total. The Labute approximate surface area is 137 Å². The Morgan fingerprint density at radius 3 is 2.43 bits per heavy atom. The molecule has 2 aromatic rings. The van der Waals surface area contributed by atoms with E-state index in [4.69, 9.17) is 23.2 Å². The third kappa shape index (κ3) is 4.23. The normalized spacial score (nSPS) is 12.4. The van der Waals surface area contributed by atoms with Crippen LogP contribution in [0.1, 0.15) is 36.6 Å². The molecule has 0 saturated heterocycles. The molecule has 0 spiro atoms. The van der Waals surface area contributed by atoms with Crippen LogP contribution >= 0.6 is 23.2 Å². The summed E-state index contributed by atoms with van der Waals surface area (Å²) in [6.45, 7) is 5.25. The van der Waals surface area contributed by atoms with Gasteiger partial charge >= 0.3 is 0 Å². The molecule has 0 heterocycles. The molecule has 0 aliphatic heterocycles. The molecular weight excluding hydrogens is 301 g/mol. The van der Waals surface area contributed by atoms with E-state index in [1.807, 2.05) is 18.2 Å². The molecule has 2 rings (SSSR count). The van der Waals surface area contributed by atoms with E-state index in [1.54, 1.807) is 0 Å². The first-order valence-electron chi connectivity index (χ1n) is 7.40. The van der Waals surface area contributed by atoms with Crippen molar-refractivity contribution in [3.63, 3.8) is 0 Å². The van der Waals surface area contributed by atoms with Gasteiger partial charge in [0.2, 0.25) is 0 Å². The minimum Gasteiger partial charge on any atom is -0.310 e. The lowest BCUT2D eigenvalue weighted by Gasteiger charge is -2.22. The molecule has 112 valence electrons. The molecule has 1 unspecified atom stereocenters. The fraction of sp³-hybridized carbons (Fsp3) is 0.333. The molecule has 1 atom stereocenters. The van der Waals surface area contributed by atoms with Crippen molar-refractivity contribution in [2.24, 2.45) is 0 Å². The number of hydrogen-bond donors (Lipinski definition) is 1. The molecule has 0 aromatic heterocycles. The minimum absolute atomic E-state index is 0.268. The van der Waals surface area contributed by atoms with Crippen molar-refractivity contribution in [3.8, 4) is 0 Å². The van der Waals surface area contributed by atoms with Crippen molar-refractivity contribution in [2.75, 3.05) is 6.54 Å². The lowest BCUT2D eigenvalue weighted by atomic mass is 9.93. The predicted molar refractivity (Wildman–Crippen MR) is 92.4 cm³/mol. The highest BCUT2D eigenvalue weighted by Gasteiger charge is 2.15. The number of hydrogen-bond acceptors (Lipinski definition) is 1.